The molecule has 3 aromatic rings. The number of carbonyl (C=O) groups is 2. The van der Waals surface area contributed by atoms with Crippen molar-refractivity contribution in [2.75, 3.05) is 27.3 Å². The molecule has 0 bridgehead atoms. The maximum atomic E-state index is 15.6. The zero-order valence-corrected chi connectivity index (χ0v) is 30.3. The van der Waals surface area contributed by atoms with Crippen molar-refractivity contribution in [3.63, 3.8) is 0 Å². The monoisotopic (exact) mass is 696 g/mol. The Hall–Kier alpha value is -5.05. The maximum absolute atomic E-state index is 15.6. The van der Waals surface area contributed by atoms with Crippen molar-refractivity contribution >= 4 is 17.4 Å². The SMILES string of the molecule is C=CC(F)(F)c1cc(C)c(=Nc2ccc(C(=O)C(C)=CC3CCCC(=CC)CC3)cc2OC)cc(C)c1Oc1cccc2c1C(=O)N(C)CCO2. The van der Waals surface area contributed by atoms with E-state index >= 15 is 8.78 Å². The minimum absolute atomic E-state index is 0.0829. The van der Waals surface area contributed by atoms with Crippen molar-refractivity contribution in [3.8, 4) is 23.0 Å². The van der Waals surface area contributed by atoms with E-state index in [0.29, 0.717) is 63.3 Å². The molecule has 51 heavy (non-hydrogen) atoms. The quantitative estimate of drug-likeness (QED) is 0.0964. The minimum Gasteiger partial charge on any atom is -0.494 e. The molecule has 9 heteroatoms. The summed E-state index contributed by atoms with van der Waals surface area (Å²) >= 11 is 0. The number of benzene rings is 2. The van der Waals surface area contributed by atoms with Crippen LogP contribution in [0.2, 0.25) is 0 Å². The highest BCUT2D eigenvalue weighted by Gasteiger charge is 2.34. The Morgan fingerprint density at radius 1 is 1.08 bits per heavy atom. The Morgan fingerprint density at radius 2 is 1.86 bits per heavy atom. The Balaban J connectivity index is 1.55. The van der Waals surface area contributed by atoms with Crippen LogP contribution < -0.4 is 19.6 Å². The molecule has 0 saturated heterocycles. The number of methoxy groups -OCH3 is 1. The molecule has 1 aliphatic carbocycles. The molecule has 0 spiro atoms. The number of alkyl halides is 2. The number of ether oxygens (including phenoxy) is 3. The third-order valence-electron chi connectivity index (χ3n) is 9.63. The van der Waals surface area contributed by atoms with E-state index < -0.39 is 11.5 Å². The van der Waals surface area contributed by atoms with Crippen LogP contribution in [0.5, 0.6) is 23.0 Å². The number of allylic oxidation sites excluding steroid dienone is 5. The molecule has 1 unspecified atom stereocenters. The number of hydrogen-bond acceptors (Lipinski definition) is 6. The van der Waals surface area contributed by atoms with Gasteiger partial charge in [-0.2, -0.15) is 8.78 Å². The van der Waals surface area contributed by atoms with E-state index in [1.165, 1.54) is 23.6 Å². The number of likely N-dealkylation sites (N-methyl/N-ethyl adjacent to an activating group) is 1. The molecule has 2 aliphatic rings. The highest BCUT2D eigenvalue weighted by atomic mass is 19.3. The van der Waals surface area contributed by atoms with Gasteiger partial charge in [-0.05, 0) is 131 Å². The number of aryl methyl sites for hydroxylation is 2. The number of amides is 1. The third-order valence-corrected chi connectivity index (χ3v) is 9.63. The summed E-state index contributed by atoms with van der Waals surface area (Å²) in [6, 6.07) is 12.9. The lowest BCUT2D eigenvalue weighted by Gasteiger charge is -2.19. The first kappa shape index (κ1) is 37.2. The van der Waals surface area contributed by atoms with E-state index in [-0.39, 0.29) is 35.4 Å². The summed E-state index contributed by atoms with van der Waals surface area (Å²) in [6.07, 6.45) is 10.2. The highest BCUT2D eigenvalue weighted by Crippen LogP contribution is 2.42. The number of hydrogen-bond donors (Lipinski definition) is 0. The Bertz CT molecular complexity index is 1980. The van der Waals surface area contributed by atoms with Gasteiger partial charge < -0.3 is 19.1 Å². The fourth-order valence-corrected chi connectivity index (χ4v) is 6.57. The molecule has 1 fully saturated rings. The van der Waals surface area contributed by atoms with Crippen molar-refractivity contribution in [2.45, 2.75) is 65.7 Å². The van der Waals surface area contributed by atoms with Gasteiger partial charge in [0.25, 0.3) is 11.8 Å². The van der Waals surface area contributed by atoms with Crippen LogP contribution in [0.15, 0.2) is 89.5 Å². The number of Topliss-reactive ketones (excluding diaryl/α,β-unsaturated/α-hetero) is 1. The molecule has 1 heterocycles. The molecule has 0 radical (unpaired) electrons. The molecule has 1 amide bonds. The van der Waals surface area contributed by atoms with Crippen LogP contribution in [-0.4, -0.2) is 43.9 Å². The van der Waals surface area contributed by atoms with Crippen molar-refractivity contribution in [2.24, 2.45) is 10.9 Å². The van der Waals surface area contributed by atoms with E-state index in [1.54, 1.807) is 63.4 Å². The second kappa shape index (κ2) is 15.9. The van der Waals surface area contributed by atoms with Crippen molar-refractivity contribution in [1.29, 1.82) is 0 Å². The highest BCUT2D eigenvalue weighted by molar-refractivity contribution is 6.08. The average molecular weight is 697 g/mol. The molecular formula is C42H46F2N2O5. The summed E-state index contributed by atoms with van der Waals surface area (Å²) in [5.74, 6) is -2.92. The molecular weight excluding hydrogens is 650 g/mol. The normalized spacial score (nSPS) is 18.0. The zero-order valence-electron chi connectivity index (χ0n) is 30.3. The summed E-state index contributed by atoms with van der Waals surface area (Å²) in [7, 11) is 3.14. The lowest BCUT2D eigenvalue weighted by Crippen LogP contribution is -2.28. The van der Waals surface area contributed by atoms with Crippen molar-refractivity contribution < 1.29 is 32.6 Å². The molecule has 1 saturated carbocycles. The average Bonchev–Trinajstić information content (AvgIpc) is 3.49. The summed E-state index contributed by atoms with van der Waals surface area (Å²) in [4.78, 5) is 33.1. The lowest BCUT2D eigenvalue weighted by atomic mass is 9.94. The molecule has 1 atom stereocenters. The summed E-state index contributed by atoms with van der Waals surface area (Å²) in [5, 5.41) is 0.386. The number of fused-ring (bicyclic) bond motifs is 1. The number of ketones is 1. The van der Waals surface area contributed by atoms with Crippen molar-refractivity contribution in [1.82, 2.24) is 4.90 Å². The molecule has 0 aromatic heterocycles. The Labute approximate surface area is 299 Å². The van der Waals surface area contributed by atoms with Gasteiger partial charge in [-0.25, -0.2) is 4.99 Å². The molecule has 0 N–H and O–H groups in total. The van der Waals surface area contributed by atoms with Crippen LogP contribution in [0, 0.1) is 19.8 Å². The maximum Gasteiger partial charge on any atom is 0.295 e. The van der Waals surface area contributed by atoms with E-state index in [0.717, 1.165) is 32.1 Å². The van der Waals surface area contributed by atoms with Gasteiger partial charge in [-0.1, -0.05) is 30.4 Å². The summed E-state index contributed by atoms with van der Waals surface area (Å²) in [5.41, 5.74) is 3.56. The van der Waals surface area contributed by atoms with Gasteiger partial charge in [0, 0.05) is 12.6 Å². The van der Waals surface area contributed by atoms with Crippen LogP contribution in [0.25, 0.3) is 0 Å². The summed E-state index contributed by atoms with van der Waals surface area (Å²) < 4.78 is 48.9. The number of carbonyl (C=O) groups excluding carboxylic acids is 2. The first-order chi connectivity index (χ1) is 24.4. The summed E-state index contributed by atoms with van der Waals surface area (Å²) in [6.45, 7) is 11.3. The van der Waals surface area contributed by atoms with Crippen LogP contribution >= 0.6 is 0 Å². The zero-order chi connectivity index (χ0) is 36.9. The Kier molecular flexibility index (Phi) is 11.6. The lowest BCUT2D eigenvalue weighted by molar-refractivity contribution is 0.0502. The number of halogens is 2. The van der Waals surface area contributed by atoms with Gasteiger partial charge in [0.1, 0.15) is 40.9 Å². The molecule has 1 aliphatic heterocycles. The Morgan fingerprint density at radius 3 is 2.59 bits per heavy atom. The van der Waals surface area contributed by atoms with Gasteiger partial charge in [0.2, 0.25) is 0 Å². The number of rotatable bonds is 9. The van der Waals surface area contributed by atoms with Gasteiger partial charge in [-0.3, -0.25) is 9.59 Å². The first-order valence-electron chi connectivity index (χ1n) is 17.3. The van der Waals surface area contributed by atoms with E-state index in [9.17, 15) is 9.59 Å². The van der Waals surface area contributed by atoms with E-state index in [1.807, 2.05) is 6.92 Å². The van der Waals surface area contributed by atoms with Crippen LogP contribution in [0.4, 0.5) is 14.5 Å². The molecule has 268 valence electrons. The van der Waals surface area contributed by atoms with Crippen LogP contribution in [-0.2, 0) is 5.92 Å². The molecule has 7 nitrogen and oxygen atoms in total. The van der Waals surface area contributed by atoms with Crippen molar-refractivity contribution in [3.05, 3.63) is 118 Å². The van der Waals surface area contributed by atoms with Gasteiger partial charge in [0.15, 0.2) is 5.78 Å². The van der Waals surface area contributed by atoms with Gasteiger partial charge in [-0.15, -0.1) is 0 Å². The molecule has 5 rings (SSSR count). The second-order valence-corrected chi connectivity index (χ2v) is 13.2. The van der Waals surface area contributed by atoms with Gasteiger partial charge in [0.05, 0.1) is 24.6 Å². The minimum atomic E-state index is -3.49. The predicted octanol–water partition coefficient (Wildman–Crippen LogP) is 9.73. The standard InChI is InChI=1S/C42H46F2N2O5/c1-8-29-12-10-13-30(17-16-29)22-27(4)39(47)31-18-19-33(37(25-31)49-7)45-34-24-28(5)40(32(23-26(34)3)42(43,44)9-2)51-36-15-11-14-35-38(36)41(48)46(6)20-21-50-35/h8-9,11,14-15,18-19,22-25,30H,2,10,12-13,16-17,20-21H2,1,3-7H3. The molecule has 3 aromatic carbocycles. The fraction of sp³-hybridized carbons (Fsp3) is 0.357. The predicted molar refractivity (Wildman–Crippen MR) is 196 cm³/mol. The number of nitrogens with zero attached hydrogens (tertiary/aromatic N) is 2. The van der Waals surface area contributed by atoms with Gasteiger partial charge >= 0.3 is 0 Å². The fourth-order valence-electron chi connectivity index (χ4n) is 6.57. The largest absolute Gasteiger partial charge is 0.494 e. The van der Waals surface area contributed by atoms with E-state index in [2.05, 4.69) is 25.7 Å². The topological polar surface area (TPSA) is 77.4 Å². The van der Waals surface area contributed by atoms with Crippen LogP contribution in [0.1, 0.15) is 83.4 Å². The second-order valence-electron chi connectivity index (χ2n) is 13.2. The first-order valence-corrected chi connectivity index (χ1v) is 17.3. The van der Waals surface area contributed by atoms with E-state index in [4.69, 9.17) is 19.2 Å². The third kappa shape index (κ3) is 8.30. The smallest absolute Gasteiger partial charge is 0.295 e. The van der Waals surface area contributed by atoms with Crippen LogP contribution in [0.3, 0.4) is 0 Å².